The molecule has 0 unspecified atom stereocenters. The number of aryl methyl sites for hydroxylation is 1. The first-order chi connectivity index (χ1) is 16.3. The first-order valence-corrected chi connectivity index (χ1v) is 12.4. The van der Waals surface area contributed by atoms with Gasteiger partial charge in [-0.2, -0.15) is 0 Å². The Morgan fingerprint density at radius 3 is 2.47 bits per heavy atom. The van der Waals surface area contributed by atoms with Crippen LogP contribution in [0.25, 0.3) is 0 Å². The van der Waals surface area contributed by atoms with E-state index < -0.39 is 22.5 Å². The van der Waals surface area contributed by atoms with Crippen molar-refractivity contribution in [2.24, 2.45) is 0 Å². The van der Waals surface area contributed by atoms with Crippen molar-refractivity contribution in [3.63, 3.8) is 0 Å². The lowest BCUT2D eigenvalue weighted by Gasteiger charge is -2.27. The normalized spacial score (nSPS) is 11.1. The van der Waals surface area contributed by atoms with E-state index in [2.05, 4.69) is 5.32 Å². The van der Waals surface area contributed by atoms with E-state index in [0.29, 0.717) is 28.0 Å². The van der Waals surface area contributed by atoms with Crippen LogP contribution in [-0.4, -0.2) is 38.9 Å². The zero-order valence-corrected chi connectivity index (χ0v) is 20.1. The third kappa shape index (κ3) is 6.02. The summed E-state index contributed by atoms with van der Waals surface area (Å²) in [5.74, 6) is -0.540. The molecule has 0 aliphatic rings. The van der Waals surface area contributed by atoms with Crippen molar-refractivity contribution in [2.45, 2.75) is 24.8 Å². The molecule has 0 fully saturated rings. The number of sulfonamides is 1. The highest BCUT2D eigenvalue weighted by Crippen LogP contribution is 2.32. The monoisotopic (exact) mass is 500 g/mol. The Morgan fingerprint density at radius 1 is 1.09 bits per heavy atom. The fourth-order valence-electron chi connectivity index (χ4n) is 3.44. The van der Waals surface area contributed by atoms with Gasteiger partial charge in [-0.05, 0) is 54.8 Å². The van der Waals surface area contributed by atoms with Crippen molar-refractivity contribution in [3.8, 4) is 0 Å². The van der Waals surface area contributed by atoms with Crippen molar-refractivity contribution in [2.75, 3.05) is 17.5 Å². The van der Waals surface area contributed by atoms with Crippen molar-refractivity contribution in [1.82, 2.24) is 5.32 Å². The zero-order valence-electron chi connectivity index (χ0n) is 18.6. The molecule has 0 bridgehead atoms. The molecular formula is C25H25ClN2O5S. The molecule has 3 aromatic carbocycles. The molecule has 0 aliphatic heterocycles. The SMILES string of the molecule is Cc1ccc(S(=O)(=O)N(CC(=O)NCc2cccc(C=O)c2)c2cccc(Cl)c2CCO)cc1. The van der Waals surface area contributed by atoms with Crippen LogP contribution >= 0.6 is 11.6 Å². The van der Waals surface area contributed by atoms with E-state index in [1.807, 2.05) is 6.92 Å². The number of aldehydes is 1. The molecule has 0 heterocycles. The lowest BCUT2D eigenvalue weighted by atomic mass is 10.1. The van der Waals surface area contributed by atoms with E-state index in [4.69, 9.17) is 11.6 Å². The zero-order chi connectivity index (χ0) is 24.7. The van der Waals surface area contributed by atoms with Gasteiger partial charge >= 0.3 is 0 Å². The third-order valence-electron chi connectivity index (χ3n) is 5.20. The summed E-state index contributed by atoms with van der Waals surface area (Å²) in [5.41, 5.74) is 2.72. The first kappa shape index (κ1) is 25.4. The molecule has 0 atom stereocenters. The second kappa shape index (κ2) is 11.3. The molecule has 9 heteroatoms. The lowest BCUT2D eigenvalue weighted by Crippen LogP contribution is -2.41. The Balaban J connectivity index is 1.95. The highest BCUT2D eigenvalue weighted by molar-refractivity contribution is 7.92. The Labute approximate surface area is 204 Å². The fraction of sp³-hybridized carbons (Fsp3) is 0.200. The second-order valence-electron chi connectivity index (χ2n) is 7.68. The number of carbonyl (C=O) groups is 2. The van der Waals surface area contributed by atoms with Gasteiger partial charge in [0.05, 0.1) is 10.6 Å². The molecule has 3 aromatic rings. The van der Waals surface area contributed by atoms with Crippen LogP contribution in [0.1, 0.15) is 27.0 Å². The Hall–Kier alpha value is -3.20. The number of halogens is 1. The Morgan fingerprint density at radius 2 is 1.79 bits per heavy atom. The summed E-state index contributed by atoms with van der Waals surface area (Å²) in [6.07, 6.45) is 0.831. The van der Waals surface area contributed by atoms with Gasteiger partial charge in [-0.15, -0.1) is 0 Å². The number of aliphatic hydroxyl groups is 1. The Bertz CT molecular complexity index is 1280. The van der Waals surface area contributed by atoms with Gasteiger partial charge in [-0.1, -0.05) is 53.6 Å². The summed E-state index contributed by atoms with van der Waals surface area (Å²) in [4.78, 5) is 23.9. The van der Waals surface area contributed by atoms with Crippen molar-refractivity contribution >= 4 is 39.5 Å². The number of nitrogens with one attached hydrogen (secondary N) is 1. The first-order valence-electron chi connectivity index (χ1n) is 10.5. The average Bonchev–Trinajstić information content (AvgIpc) is 2.83. The van der Waals surface area contributed by atoms with Crippen LogP contribution in [-0.2, 0) is 27.8 Å². The molecule has 0 spiro atoms. The second-order valence-corrected chi connectivity index (χ2v) is 9.94. The standard InChI is InChI=1S/C25H25ClN2O5S/c1-18-8-10-21(11-9-18)34(32,33)28(24-7-3-6-23(26)22(24)12-13-29)16-25(31)27-15-19-4-2-5-20(14-19)17-30/h2-11,14,17,29H,12-13,15-16H2,1H3,(H,27,31). The van der Waals surface area contributed by atoms with Gasteiger partial charge in [0, 0.05) is 23.7 Å². The summed E-state index contributed by atoms with van der Waals surface area (Å²) >= 11 is 6.31. The quantitative estimate of drug-likeness (QED) is 0.415. The maximum absolute atomic E-state index is 13.6. The van der Waals surface area contributed by atoms with E-state index in [0.717, 1.165) is 9.87 Å². The minimum absolute atomic E-state index is 0.0273. The largest absolute Gasteiger partial charge is 0.396 e. The molecule has 2 N–H and O–H groups in total. The van der Waals surface area contributed by atoms with Crippen LogP contribution < -0.4 is 9.62 Å². The van der Waals surface area contributed by atoms with Crippen molar-refractivity contribution in [1.29, 1.82) is 0 Å². The molecule has 3 rings (SSSR count). The minimum Gasteiger partial charge on any atom is -0.396 e. The van der Waals surface area contributed by atoms with Crippen LogP contribution in [0.2, 0.25) is 5.02 Å². The summed E-state index contributed by atoms with van der Waals surface area (Å²) in [7, 11) is -4.13. The van der Waals surface area contributed by atoms with Gasteiger partial charge in [0.2, 0.25) is 5.91 Å². The molecule has 0 aromatic heterocycles. The van der Waals surface area contributed by atoms with Crippen molar-refractivity contribution < 1.29 is 23.1 Å². The van der Waals surface area contributed by atoms with E-state index in [9.17, 15) is 23.1 Å². The average molecular weight is 501 g/mol. The van der Waals surface area contributed by atoms with Crippen LogP contribution in [0.5, 0.6) is 0 Å². The van der Waals surface area contributed by atoms with Gasteiger partial charge in [0.25, 0.3) is 10.0 Å². The number of amides is 1. The molecule has 1 amide bonds. The maximum Gasteiger partial charge on any atom is 0.264 e. The summed E-state index contributed by atoms with van der Waals surface area (Å²) in [5, 5.41) is 12.5. The molecule has 0 aliphatic carbocycles. The molecule has 0 radical (unpaired) electrons. The number of aliphatic hydroxyl groups excluding tert-OH is 1. The van der Waals surface area contributed by atoms with Gasteiger partial charge < -0.3 is 10.4 Å². The number of carbonyl (C=O) groups excluding carboxylic acids is 2. The number of anilines is 1. The summed E-state index contributed by atoms with van der Waals surface area (Å²) < 4.78 is 28.2. The predicted octanol–water partition coefficient (Wildman–Crippen LogP) is 3.51. The van der Waals surface area contributed by atoms with E-state index in [1.54, 1.807) is 54.6 Å². The Kier molecular flexibility index (Phi) is 8.44. The maximum atomic E-state index is 13.6. The third-order valence-corrected chi connectivity index (χ3v) is 7.33. The van der Waals surface area contributed by atoms with Crippen LogP contribution in [0, 0.1) is 6.92 Å². The molecule has 178 valence electrons. The van der Waals surface area contributed by atoms with E-state index in [1.165, 1.54) is 12.1 Å². The van der Waals surface area contributed by atoms with Crippen molar-refractivity contribution in [3.05, 3.63) is 94.0 Å². The van der Waals surface area contributed by atoms with Gasteiger partial charge in [-0.3, -0.25) is 13.9 Å². The molecule has 7 nitrogen and oxygen atoms in total. The van der Waals surface area contributed by atoms with E-state index >= 15 is 0 Å². The minimum atomic E-state index is -4.13. The van der Waals surface area contributed by atoms with Crippen LogP contribution in [0.3, 0.4) is 0 Å². The lowest BCUT2D eigenvalue weighted by molar-refractivity contribution is -0.119. The smallest absolute Gasteiger partial charge is 0.264 e. The topological polar surface area (TPSA) is 104 Å². The molecule has 34 heavy (non-hydrogen) atoms. The number of rotatable bonds is 10. The molecule has 0 saturated heterocycles. The number of benzene rings is 3. The highest BCUT2D eigenvalue weighted by atomic mass is 35.5. The van der Waals surface area contributed by atoms with Gasteiger partial charge in [0.15, 0.2) is 0 Å². The van der Waals surface area contributed by atoms with Crippen LogP contribution in [0.15, 0.2) is 71.6 Å². The highest BCUT2D eigenvalue weighted by Gasteiger charge is 2.29. The van der Waals surface area contributed by atoms with Gasteiger partial charge in [0.1, 0.15) is 12.8 Å². The predicted molar refractivity (Wildman–Crippen MR) is 132 cm³/mol. The molecular weight excluding hydrogens is 476 g/mol. The molecule has 0 saturated carbocycles. The van der Waals surface area contributed by atoms with Gasteiger partial charge in [-0.25, -0.2) is 8.42 Å². The fourth-order valence-corrected chi connectivity index (χ4v) is 5.16. The van der Waals surface area contributed by atoms with E-state index in [-0.39, 0.29) is 30.2 Å². The van der Waals surface area contributed by atoms with Crippen LogP contribution in [0.4, 0.5) is 5.69 Å². The number of hydrogen-bond acceptors (Lipinski definition) is 5. The summed E-state index contributed by atoms with van der Waals surface area (Å²) in [6.45, 7) is 1.23. The number of nitrogens with zero attached hydrogens (tertiary/aromatic N) is 1. The number of hydrogen-bond donors (Lipinski definition) is 2. The summed E-state index contributed by atoms with van der Waals surface area (Å²) in [6, 6.07) is 17.8.